The summed E-state index contributed by atoms with van der Waals surface area (Å²) < 4.78 is 13.5. The Morgan fingerprint density at radius 2 is 1.80 bits per heavy atom. The first-order valence-corrected chi connectivity index (χ1v) is 6.98. The second-order valence-corrected chi connectivity index (χ2v) is 5.23. The predicted octanol–water partition coefficient (Wildman–Crippen LogP) is 1.03. The van der Waals surface area contributed by atoms with Crippen LogP contribution in [-0.2, 0) is 0 Å². The van der Waals surface area contributed by atoms with Gasteiger partial charge in [0.25, 0.3) is 0 Å². The maximum absolute atomic E-state index is 13.5. The fraction of sp³-hybridized carbons (Fsp3) is 0.688. The standard InChI is InChI=1S/C14H27FN2.C2H5.Rb/c1-11(2)12(3)7-9-16-13(4)14(15)8-10-17(5)6;1-2;/h8,11-12,16H,4,7,9-10H2,1-3,5-6H3;1H2,2H3;/q;-1;+1/b14-8+;;. The van der Waals surface area contributed by atoms with Crippen molar-refractivity contribution in [3.8, 4) is 0 Å². The minimum absolute atomic E-state index is 0. The van der Waals surface area contributed by atoms with Crippen LogP contribution >= 0.6 is 0 Å². The summed E-state index contributed by atoms with van der Waals surface area (Å²) in [6, 6.07) is 0. The molecule has 0 aromatic rings. The van der Waals surface area contributed by atoms with Crippen molar-refractivity contribution in [2.75, 3.05) is 27.2 Å². The van der Waals surface area contributed by atoms with E-state index in [1.165, 1.54) is 0 Å². The summed E-state index contributed by atoms with van der Waals surface area (Å²) in [4.78, 5) is 1.91. The zero-order valence-electron chi connectivity index (χ0n) is 14.6. The van der Waals surface area contributed by atoms with Gasteiger partial charge in [0, 0.05) is 13.1 Å². The fourth-order valence-corrected chi connectivity index (χ4v) is 1.25. The van der Waals surface area contributed by atoms with E-state index in [0.717, 1.165) is 13.0 Å². The molecule has 0 saturated heterocycles. The largest absolute Gasteiger partial charge is 1.00 e. The minimum atomic E-state index is -0.254. The SMILES string of the molecule is C=C(NCCC(C)C(C)C)/C(F)=C\CN(C)C.[CH2-]C.[Rb+]. The molecule has 0 radical (unpaired) electrons. The molecule has 114 valence electrons. The first-order chi connectivity index (χ1) is 8.84. The molecule has 1 unspecified atom stereocenters. The van der Waals surface area contributed by atoms with E-state index in [0.29, 0.717) is 24.1 Å². The number of halogens is 1. The number of hydrogen-bond acceptors (Lipinski definition) is 2. The van der Waals surface area contributed by atoms with Gasteiger partial charge in [-0.3, -0.25) is 0 Å². The van der Waals surface area contributed by atoms with E-state index in [1.807, 2.05) is 19.0 Å². The third-order valence-electron chi connectivity index (χ3n) is 3.00. The van der Waals surface area contributed by atoms with Gasteiger partial charge in [0.2, 0.25) is 0 Å². The molecule has 0 spiro atoms. The Bertz CT molecular complexity index is 263. The molecule has 0 aliphatic carbocycles. The summed E-state index contributed by atoms with van der Waals surface area (Å²) in [6.07, 6.45) is 2.58. The van der Waals surface area contributed by atoms with E-state index in [-0.39, 0.29) is 64.0 Å². The molecule has 0 aliphatic heterocycles. The molecule has 0 fully saturated rings. The minimum Gasteiger partial charge on any atom is -0.383 e. The number of allylic oxidation sites excluding steroid dienone is 1. The van der Waals surface area contributed by atoms with Crippen molar-refractivity contribution >= 4 is 0 Å². The molecular weight excluding hydrogens is 325 g/mol. The third kappa shape index (κ3) is 15.4. The molecule has 0 saturated carbocycles. The van der Waals surface area contributed by atoms with E-state index in [4.69, 9.17) is 0 Å². The van der Waals surface area contributed by atoms with Crippen molar-refractivity contribution in [2.45, 2.75) is 34.1 Å². The van der Waals surface area contributed by atoms with Crippen molar-refractivity contribution in [1.82, 2.24) is 10.2 Å². The van der Waals surface area contributed by atoms with Crippen LogP contribution in [0.3, 0.4) is 0 Å². The average Bonchev–Trinajstić information content (AvgIpc) is 2.37. The number of hydrogen-bond donors (Lipinski definition) is 1. The Morgan fingerprint density at radius 3 is 2.20 bits per heavy atom. The Hall–Kier alpha value is 0.975. The van der Waals surface area contributed by atoms with Gasteiger partial charge in [0.1, 0.15) is 5.83 Å². The Kier molecular flexibility index (Phi) is 21.2. The summed E-state index contributed by atoms with van der Waals surface area (Å²) in [5.74, 6) is 1.05. The van der Waals surface area contributed by atoms with Gasteiger partial charge >= 0.3 is 58.2 Å². The van der Waals surface area contributed by atoms with Gasteiger partial charge in [-0.1, -0.05) is 27.4 Å². The van der Waals surface area contributed by atoms with E-state index in [1.54, 1.807) is 13.0 Å². The van der Waals surface area contributed by atoms with Gasteiger partial charge in [-0.15, -0.1) is 0 Å². The molecule has 0 bridgehead atoms. The number of nitrogens with zero attached hydrogens (tertiary/aromatic N) is 1. The molecule has 0 aromatic carbocycles. The maximum Gasteiger partial charge on any atom is 1.00 e. The van der Waals surface area contributed by atoms with E-state index >= 15 is 0 Å². The van der Waals surface area contributed by atoms with Crippen molar-refractivity contribution in [3.63, 3.8) is 0 Å². The zero-order chi connectivity index (χ0) is 15.4. The summed E-state index contributed by atoms with van der Waals surface area (Å²) in [7, 11) is 3.81. The number of rotatable bonds is 8. The van der Waals surface area contributed by atoms with Crippen molar-refractivity contribution in [3.05, 3.63) is 31.1 Å². The second-order valence-electron chi connectivity index (χ2n) is 5.23. The Balaban J connectivity index is -0.000000916. The van der Waals surface area contributed by atoms with E-state index in [9.17, 15) is 4.39 Å². The molecule has 4 heteroatoms. The molecular formula is C16H32FN2Rb. The van der Waals surface area contributed by atoms with Crippen LogP contribution in [0.2, 0.25) is 0 Å². The van der Waals surface area contributed by atoms with Crippen molar-refractivity contribution in [2.24, 2.45) is 11.8 Å². The van der Waals surface area contributed by atoms with E-state index < -0.39 is 0 Å². The molecule has 1 N–H and O–H groups in total. The van der Waals surface area contributed by atoms with Crippen LogP contribution in [0.1, 0.15) is 34.1 Å². The van der Waals surface area contributed by atoms with Gasteiger partial charge in [-0.2, -0.15) is 6.92 Å². The average molecular weight is 357 g/mol. The van der Waals surface area contributed by atoms with Gasteiger partial charge in [0.05, 0.1) is 5.70 Å². The van der Waals surface area contributed by atoms with Gasteiger partial charge in [-0.25, -0.2) is 4.39 Å². The molecule has 0 amide bonds. The fourth-order valence-electron chi connectivity index (χ4n) is 1.25. The van der Waals surface area contributed by atoms with Crippen LogP contribution in [0.4, 0.5) is 4.39 Å². The van der Waals surface area contributed by atoms with Gasteiger partial charge in [-0.05, 0) is 38.4 Å². The molecule has 0 aromatic heterocycles. The maximum atomic E-state index is 13.5. The van der Waals surface area contributed by atoms with Crippen LogP contribution < -0.4 is 63.5 Å². The Labute approximate surface area is 175 Å². The smallest absolute Gasteiger partial charge is 0.383 e. The zero-order valence-corrected chi connectivity index (χ0v) is 19.5. The molecule has 0 heterocycles. The summed E-state index contributed by atoms with van der Waals surface area (Å²) in [5.41, 5.74) is 0.391. The molecule has 0 aliphatic rings. The molecule has 20 heavy (non-hydrogen) atoms. The van der Waals surface area contributed by atoms with Crippen LogP contribution in [0, 0.1) is 18.8 Å². The summed E-state index contributed by atoms with van der Waals surface area (Å²) in [6.45, 7) is 16.7. The first kappa shape index (κ1) is 25.9. The summed E-state index contributed by atoms with van der Waals surface area (Å²) >= 11 is 0. The predicted molar refractivity (Wildman–Crippen MR) is 84.5 cm³/mol. The molecule has 1 atom stereocenters. The molecule has 2 nitrogen and oxygen atoms in total. The number of nitrogens with one attached hydrogen (secondary N) is 1. The van der Waals surface area contributed by atoms with Crippen LogP contribution in [-0.4, -0.2) is 32.1 Å². The number of likely N-dealkylation sites (N-methyl/N-ethyl adjacent to an activating group) is 1. The van der Waals surface area contributed by atoms with Crippen LogP contribution in [0.5, 0.6) is 0 Å². The Morgan fingerprint density at radius 1 is 1.30 bits per heavy atom. The van der Waals surface area contributed by atoms with E-state index in [2.05, 4.69) is 39.6 Å². The van der Waals surface area contributed by atoms with Crippen molar-refractivity contribution < 1.29 is 62.6 Å². The second kappa shape index (κ2) is 16.3. The van der Waals surface area contributed by atoms with Crippen LogP contribution in [0.25, 0.3) is 0 Å². The van der Waals surface area contributed by atoms with Gasteiger partial charge < -0.3 is 17.1 Å². The molecule has 0 rings (SSSR count). The quantitative estimate of drug-likeness (QED) is 0.516. The summed E-state index contributed by atoms with van der Waals surface area (Å²) in [5, 5.41) is 3.04. The monoisotopic (exact) mass is 356 g/mol. The van der Waals surface area contributed by atoms with Gasteiger partial charge in [0.15, 0.2) is 0 Å². The first-order valence-electron chi connectivity index (χ1n) is 6.98. The van der Waals surface area contributed by atoms with Crippen LogP contribution in [0.15, 0.2) is 24.2 Å². The normalized spacial score (nSPS) is 12.4. The van der Waals surface area contributed by atoms with Crippen molar-refractivity contribution in [1.29, 1.82) is 0 Å². The topological polar surface area (TPSA) is 15.3 Å². The third-order valence-corrected chi connectivity index (χ3v) is 3.00.